The van der Waals surface area contributed by atoms with Crippen LogP contribution in [0.1, 0.15) is 5.69 Å². The van der Waals surface area contributed by atoms with E-state index in [9.17, 15) is 14.7 Å². The van der Waals surface area contributed by atoms with E-state index in [0.29, 0.717) is 16.6 Å². The van der Waals surface area contributed by atoms with Crippen LogP contribution in [0.15, 0.2) is 52.2 Å². The molecule has 0 aliphatic heterocycles. The van der Waals surface area contributed by atoms with Crippen LogP contribution in [0.3, 0.4) is 0 Å². The molecular weight excluding hydrogens is 405 g/mol. The van der Waals surface area contributed by atoms with E-state index in [2.05, 4.69) is 5.10 Å². The molecule has 28 heavy (non-hydrogen) atoms. The van der Waals surface area contributed by atoms with Crippen molar-refractivity contribution in [3.8, 4) is 23.2 Å². The molecule has 0 aliphatic rings. The van der Waals surface area contributed by atoms with E-state index in [0.717, 1.165) is 4.68 Å². The zero-order chi connectivity index (χ0) is 20.0. The Morgan fingerprint density at radius 2 is 1.86 bits per heavy atom. The van der Waals surface area contributed by atoms with Crippen LogP contribution in [-0.2, 0) is 0 Å². The summed E-state index contributed by atoms with van der Waals surface area (Å²) in [5, 5.41) is 23.7. The number of rotatable bonds is 2. The normalized spacial score (nSPS) is 10.9. The average molecular weight is 414 g/mol. The minimum Gasteiger partial charge on any atom is -0.507 e. The lowest BCUT2D eigenvalue weighted by atomic mass is 10.2. The van der Waals surface area contributed by atoms with Crippen LogP contribution in [0.4, 0.5) is 0 Å². The second kappa shape index (κ2) is 6.56. The first kappa shape index (κ1) is 17.9. The zero-order valence-electron chi connectivity index (χ0n) is 13.8. The Balaban J connectivity index is 1.93. The van der Waals surface area contributed by atoms with Gasteiger partial charge in [-0.05, 0) is 30.3 Å². The van der Waals surface area contributed by atoms with Gasteiger partial charge >= 0.3 is 5.69 Å². The fourth-order valence-electron chi connectivity index (χ4n) is 2.90. The molecular formula is C18H9Cl2N5O3. The highest BCUT2D eigenvalue weighted by atomic mass is 35.5. The summed E-state index contributed by atoms with van der Waals surface area (Å²) in [6.45, 7) is 0. The number of phenolic OH excluding ortho intramolecular Hbond substituents is 1. The number of nitriles is 1. The number of nitrogens with one attached hydrogen (secondary N) is 1. The molecule has 4 aromatic rings. The highest BCUT2D eigenvalue weighted by Gasteiger charge is 2.16. The van der Waals surface area contributed by atoms with Crippen molar-refractivity contribution in [3.05, 3.63) is 79.2 Å². The predicted molar refractivity (Wildman–Crippen MR) is 104 cm³/mol. The molecule has 2 aromatic heterocycles. The number of benzene rings is 2. The first-order valence-corrected chi connectivity index (χ1v) is 8.59. The van der Waals surface area contributed by atoms with Crippen LogP contribution >= 0.6 is 23.2 Å². The lowest BCUT2D eigenvalue weighted by Crippen LogP contribution is -2.33. The number of fused-ring (bicyclic) bond motifs is 1. The fourth-order valence-corrected chi connectivity index (χ4v) is 3.56. The second-order valence-electron chi connectivity index (χ2n) is 5.79. The van der Waals surface area contributed by atoms with Gasteiger partial charge in [-0.3, -0.25) is 9.78 Å². The molecule has 0 bridgehead atoms. The van der Waals surface area contributed by atoms with Crippen LogP contribution in [0.25, 0.3) is 22.3 Å². The average Bonchev–Trinajstić information content (AvgIpc) is 3.06. The monoisotopic (exact) mass is 413 g/mol. The minimum atomic E-state index is -0.879. The standard InChI is InChI=1S/C18H9Cl2N5O3/c19-11-6-9(25-18(28)22-17(27)13(8-21)23-25)7-12(20)16(11)24-5-4-10-14(24)2-1-3-15(10)26/h1-7,26H,(H,22,27,28). The van der Waals surface area contributed by atoms with Crippen molar-refractivity contribution in [1.29, 1.82) is 5.26 Å². The summed E-state index contributed by atoms with van der Waals surface area (Å²) >= 11 is 12.9. The van der Waals surface area contributed by atoms with E-state index in [1.54, 1.807) is 41.1 Å². The largest absolute Gasteiger partial charge is 0.507 e. The molecule has 0 amide bonds. The molecule has 0 aliphatic carbocycles. The summed E-state index contributed by atoms with van der Waals surface area (Å²) in [4.78, 5) is 25.6. The molecule has 0 spiro atoms. The third kappa shape index (κ3) is 2.74. The quantitative estimate of drug-likeness (QED) is 0.523. The molecule has 0 radical (unpaired) electrons. The van der Waals surface area contributed by atoms with Crippen molar-refractivity contribution < 1.29 is 5.11 Å². The lowest BCUT2D eigenvalue weighted by Gasteiger charge is -2.13. The number of nitrogens with zero attached hydrogens (tertiary/aromatic N) is 4. The number of halogens is 2. The van der Waals surface area contributed by atoms with Gasteiger partial charge in [0, 0.05) is 11.6 Å². The summed E-state index contributed by atoms with van der Waals surface area (Å²) in [6, 6.07) is 11.3. The van der Waals surface area contributed by atoms with Gasteiger partial charge in [-0.2, -0.15) is 9.94 Å². The van der Waals surface area contributed by atoms with Crippen molar-refractivity contribution in [2.75, 3.05) is 0 Å². The Kier molecular flexibility index (Phi) is 4.19. The maximum Gasteiger partial charge on any atom is 0.349 e. The van der Waals surface area contributed by atoms with Gasteiger partial charge in [-0.1, -0.05) is 29.3 Å². The van der Waals surface area contributed by atoms with Gasteiger partial charge in [0.2, 0.25) is 5.69 Å². The summed E-state index contributed by atoms with van der Waals surface area (Å²) in [7, 11) is 0. The molecule has 138 valence electrons. The van der Waals surface area contributed by atoms with E-state index in [1.807, 2.05) is 4.98 Å². The number of hydrogen-bond acceptors (Lipinski definition) is 5. The van der Waals surface area contributed by atoms with E-state index in [-0.39, 0.29) is 21.5 Å². The molecule has 0 unspecified atom stereocenters. The van der Waals surface area contributed by atoms with E-state index >= 15 is 0 Å². The number of aromatic hydroxyl groups is 1. The zero-order valence-corrected chi connectivity index (χ0v) is 15.4. The summed E-state index contributed by atoms with van der Waals surface area (Å²) in [5.74, 6) is 0.119. The maximum atomic E-state index is 12.1. The molecule has 0 fully saturated rings. The third-order valence-electron chi connectivity index (χ3n) is 4.13. The number of phenols is 1. The topological polar surface area (TPSA) is 117 Å². The van der Waals surface area contributed by atoms with Crippen molar-refractivity contribution >= 4 is 34.1 Å². The highest BCUT2D eigenvalue weighted by Crippen LogP contribution is 2.35. The number of hydrogen-bond donors (Lipinski definition) is 2. The third-order valence-corrected chi connectivity index (χ3v) is 4.71. The summed E-state index contributed by atoms with van der Waals surface area (Å²) in [5.41, 5.74) is -0.886. The molecule has 2 aromatic carbocycles. The van der Waals surface area contributed by atoms with Crippen LogP contribution < -0.4 is 11.2 Å². The van der Waals surface area contributed by atoms with E-state index in [4.69, 9.17) is 28.5 Å². The predicted octanol–water partition coefficient (Wildman–Crippen LogP) is 2.75. The van der Waals surface area contributed by atoms with Crippen molar-refractivity contribution in [1.82, 2.24) is 19.3 Å². The van der Waals surface area contributed by atoms with E-state index in [1.165, 1.54) is 12.1 Å². The first-order valence-electron chi connectivity index (χ1n) is 7.83. The molecule has 0 saturated heterocycles. The molecule has 0 saturated carbocycles. The van der Waals surface area contributed by atoms with Crippen molar-refractivity contribution in [3.63, 3.8) is 0 Å². The van der Waals surface area contributed by atoms with Gasteiger partial charge in [0.15, 0.2) is 0 Å². The van der Waals surface area contributed by atoms with Gasteiger partial charge < -0.3 is 9.67 Å². The molecule has 10 heteroatoms. The molecule has 4 rings (SSSR count). The second-order valence-corrected chi connectivity index (χ2v) is 6.60. The SMILES string of the molecule is N#Cc1nn(-c2cc(Cl)c(-n3ccc4c(O)cccc43)c(Cl)c2)c(=O)[nH]c1=O. The van der Waals surface area contributed by atoms with Gasteiger partial charge in [-0.15, -0.1) is 5.10 Å². The number of H-pyrrole nitrogens is 1. The first-order chi connectivity index (χ1) is 13.4. The molecule has 0 atom stereocenters. The number of aromatic amines is 1. The molecule has 8 nitrogen and oxygen atoms in total. The van der Waals surface area contributed by atoms with Gasteiger partial charge in [0.25, 0.3) is 5.56 Å². The fraction of sp³-hybridized carbons (Fsp3) is 0. The van der Waals surface area contributed by atoms with Crippen LogP contribution in [0.5, 0.6) is 5.75 Å². The Morgan fingerprint density at radius 1 is 1.14 bits per heavy atom. The van der Waals surface area contributed by atoms with E-state index < -0.39 is 16.9 Å². The minimum absolute atomic E-state index is 0.119. The summed E-state index contributed by atoms with van der Waals surface area (Å²) < 4.78 is 2.54. The molecule has 2 N–H and O–H groups in total. The Morgan fingerprint density at radius 3 is 2.54 bits per heavy atom. The maximum absolute atomic E-state index is 12.1. The van der Waals surface area contributed by atoms with Crippen LogP contribution in [-0.4, -0.2) is 24.4 Å². The Hall–Kier alpha value is -3.54. The number of aromatic nitrogens is 4. The van der Waals surface area contributed by atoms with Gasteiger partial charge in [0.05, 0.1) is 26.9 Å². The summed E-state index contributed by atoms with van der Waals surface area (Å²) in [6.07, 6.45) is 1.70. The molecule has 2 heterocycles. The Bertz CT molecular complexity index is 1390. The highest BCUT2D eigenvalue weighted by molar-refractivity contribution is 6.38. The Labute approximate surface area is 166 Å². The lowest BCUT2D eigenvalue weighted by molar-refractivity contribution is 0.481. The smallest absolute Gasteiger partial charge is 0.349 e. The van der Waals surface area contributed by atoms with Crippen LogP contribution in [0.2, 0.25) is 10.0 Å². The van der Waals surface area contributed by atoms with Crippen molar-refractivity contribution in [2.24, 2.45) is 0 Å². The van der Waals surface area contributed by atoms with Gasteiger partial charge in [0.1, 0.15) is 11.8 Å². The van der Waals surface area contributed by atoms with Crippen molar-refractivity contribution in [2.45, 2.75) is 0 Å². The van der Waals surface area contributed by atoms with Crippen LogP contribution in [0, 0.1) is 11.3 Å². The van der Waals surface area contributed by atoms with Gasteiger partial charge in [-0.25, -0.2) is 4.79 Å².